The van der Waals surface area contributed by atoms with Gasteiger partial charge in [-0.3, -0.25) is 4.79 Å². The number of fused-ring (bicyclic) bond motifs is 4. The highest BCUT2D eigenvalue weighted by Crippen LogP contribution is 2.47. The molecule has 3 aromatic carbocycles. The van der Waals surface area contributed by atoms with Gasteiger partial charge in [0.1, 0.15) is 0 Å². The molecule has 0 saturated carbocycles. The van der Waals surface area contributed by atoms with Gasteiger partial charge in [0, 0.05) is 47.5 Å². The van der Waals surface area contributed by atoms with Crippen molar-refractivity contribution in [1.82, 2.24) is 0 Å². The molecule has 0 atom stereocenters. The van der Waals surface area contributed by atoms with Crippen LogP contribution in [0, 0.1) is 0 Å². The van der Waals surface area contributed by atoms with E-state index in [-0.39, 0.29) is 10.8 Å². The van der Waals surface area contributed by atoms with Gasteiger partial charge in [-0.2, -0.15) is 4.58 Å². The Morgan fingerprint density at radius 3 is 2.46 bits per heavy atom. The first-order valence-electron chi connectivity index (χ1n) is 14.0. The molecule has 2 aliphatic rings. The number of carbonyl (C=O) groups excluding carboxylic acids is 1. The molecule has 0 aromatic heterocycles. The molecule has 0 bridgehead atoms. The molecule has 4 nitrogen and oxygen atoms in total. The molecular weight excluding hydrogens is 480 g/mol. The minimum absolute atomic E-state index is 0.0358. The molecule has 0 amide bonds. The van der Waals surface area contributed by atoms with Crippen molar-refractivity contribution in [2.75, 3.05) is 24.6 Å². The fraction of sp³-hybridized carbons (Fsp3) is 0.314. The molecule has 0 N–H and O–H groups in total. The molecule has 2 aliphatic heterocycles. The lowest BCUT2D eigenvalue weighted by atomic mass is 9.79. The standard InChI is InChI=1S/C35H39N2O2/c1-6-36-29-18-13-12-17-28(29)34(2,3)31(36)19-8-7-9-20-32-35(4,5)33-27-16-11-10-15-26(27)21-22-30(33)37(32)23-14-24-39-25-38/h7-13,15-22,25H,6,14,23-24H2,1-5H3/q+1. The largest absolute Gasteiger partial charge is 0.468 e. The number of hydrogen-bond acceptors (Lipinski definition) is 3. The second-order valence-corrected chi connectivity index (χ2v) is 11.3. The van der Waals surface area contributed by atoms with E-state index in [1.165, 1.54) is 44.7 Å². The average Bonchev–Trinajstić information content (AvgIpc) is 3.29. The van der Waals surface area contributed by atoms with E-state index in [4.69, 9.17) is 4.74 Å². The molecule has 3 aromatic rings. The molecule has 5 rings (SSSR count). The third-order valence-corrected chi connectivity index (χ3v) is 8.31. The summed E-state index contributed by atoms with van der Waals surface area (Å²) in [7, 11) is 0. The van der Waals surface area contributed by atoms with Crippen LogP contribution in [0.4, 0.5) is 11.4 Å². The van der Waals surface area contributed by atoms with Gasteiger partial charge >= 0.3 is 0 Å². The van der Waals surface area contributed by atoms with E-state index in [2.05, 4.69) is 135 Å². The van der Waals surface area contributed by atoms with Crippen LogP contribution >= 0.6 is 0 Å². The smallest absolute Gasteiger partial charge is 0.293 e. The monoisotopic (exact) mass is 519 g/mol. The summed E-state index contributed by atoms with van der Waals surface area (Å²) >= 11 is 0. The minimum atomic E-state index is -0.168. The van der Waals surface area contributed by atoms with Crippen LogP contribution in [0.2, 0.25) is 0 Å². The van der Waals surface area contributed by atoms with Gasteiger partial charge in [0.05, 0.1) is 12.0 Å². The number of rotatable bonds is 9. The lowest BCUT2D eigenvalue weighted by Crippen LogP contribution is -2.28. The maximum Gasteiger partial charge on any atom is 0.293 e. The number of allylic oxidation sites excluding steroid dienone is 6. The predicted molar refractivity (Wildman–Crippen MR) is 162 cm³/mol. The molecule has 0 fully saturated rings. The fourth-order valence-electron chi connectivity index (χ4n) is 6.47. The maximum atomic E-state index is 10.7. The van der Waals surface area contributed by atoms with Crippen molar-refractivity contribution >= 4 is 34.3 Å². The molecule has 2 heterocycles. The highest BCUT2D eigenvalue weighted by molar-refractivity contribution is 6.07. The maximum absolute atomic E-state index is 10.7. The van der Waals surface area contributed by atoms with Crippen LogP contribution in [0.1, 0.15) is 52.2 Å². The lowest BCUT2D eigenvalue weighted by molar-refractivity contribution is -0.438. The van der Waals surface area contributed by atoms with Gasteiger partial charge in [-0.1, -0.05) is 74.5 Å². The number of ether oxygens (including phenoxy) is 1. The van der Waals surface area contributed by atoms with E-state index in [1.54, 1.807) is 0 Å². The van der Waals surface area contributed by atoms with Crippen LogP contribution < -0.4 is 4.90 Å². The minimum Gasteiger partial charge on any atom is -0.468 e. The highest BCUT2D eigenvalue weighted by Gasteiger charge is 2.45. The van der Waals surface area contributed by atoms with Crippen molar-refractivity contribution in [3.63, 3.8) is 0 Å². The van der Waals surface area contributed by atoms with Crippen LogP contribution in [-0.2, 0) is 20.4 Å². The van der Waals surface area contributed by atoms with E-state index in [1.807, 2.05) is 0 Å². The number of benzene rings is 3. The summed E-state index contributed by atoms with van der Waals surface area (Å²) in [5.41, 5.74) is 7.64. The first kappa shape index (κ1) is 26.7. The third-order valence-electron chi connectivity index (χ3n) is 8.31. The predicted octanol–water partition coefficient (Wildman–Crippen LogP) is 7.59. The second-order valence-electron chi connectivity index (χ2n) is 11.3. The SMILES string of the molecule is CCN1/C(=C/C=C/C=C/C2=[N+](CCCOC=O)c3ccc4ccccc4c3C2(C)C)C(C)(C)c2ccccc21. The summed E-state index contributed by atoms with van der Waals surface area (Å²) in [6, 6.07) is 21.8. The van der Waals surface area contributed by atoms with Gasteiger partial charge in [0.25, 0.3) is 6.47 Å². The Hall–Kier alpha value is -3.92. The first-order chi connectivity index (χ1) is 18.8. The van der Waals surface area contributed by atoms with Crippen LogP contribution in [0.3, 0.4) is 0 Å². The van der Waals surface area contributed by atoms with Gasteiger partial charge in [0.2, 0.25) is 5.69 Å². The van der Waals surface area contributed by atoms with Crippen LogP contribution in [0.5, 0.6) is 0 Å². The molecule has 39 heavy (non-hydrogen) atoms. The zero-order valence-corrected chi connectivity index (χ0v) is 23.8. The van der Waals surface area contributed by atoms with Crippen molar-refractivity contribution in [2.24, 2.45) is 0 Å². The van der Waals surface area contributed by atoms with Crippen LogP contribution in [-0.4, -0.2) is 36.5 Å². The van der Waals surface area contributed by atoms with E-state index in [9.17, 15) is 4.79 Å². The Kier molecular flexibility index (Phi) is 7.31. The Morgan fingerprint density at radius 2 is 1.67 bits per heavy atom. The van der Waals surface area contributed by atoms with E-state index in [0.29, 0.717) is 13.1 Å². The fourth-order valence-corrected chi connectivity index (χ4v) is 6.47. The molecule has 0 saturated heterocycles. The average molecular weight is 520 g/mol. The van der Waals surface area contributed by atoms with Gasteiger partial charge in [0.15, 0.2) is 12.3 Å². The van der Waals surface area contributed by atoms with Crippen molar-refractivity contribution in [3.8, 4) is 0 Å². The molecule has 0 radical (unpaired) electrons. The topological polar surface area (TPSA) is 32.5 Å². The third kappa shape index (κ3) is 4.63. The molecular formula is C35H39N2O2+. The first-order valence-corrected chi connectivity index (χ1v) is 14.0. The number of para-hydroxylation sites is 1. The summed E-state index contributed by atoms with van der Waals surface area (Å²) in [4.78, 5) is 13.1. The Labute approximate surface area is 232 Å². The van der Waals surface area contributed by atoms with Gasteiger partial charge < -0.3 is 9.64 Å². The van der Waals surface area contributed by atoms with Gasteiger partial charge in [-0.05, 0) is 55.3 Å². The summed E-state index contributed by atoms with van der Waals surface area (Å²) in [5, 5.41) is 2.55. The molecule has 0 aliphatic carbocycles. The molecule has 0 unspecified atom stereocenters. The summed E-state index contributed by atoms with van der Waals surface area (Å²) in [5.74, 6) is 0. The van der Waals surface area contributed by atoms with Crippen LogP contribution in [0.25, 0.3) is 10.8 Å². The number of anilines is 1. The zero-order chi connectivity index (χ0) is 27.6. The Morgan fingerprint density at radius 1 is 0.897 bits per heavy atom. The summed E-state index contributed by atoms with van der Waals surface area (Å²) < 4.78 is 7.40. The summed E-state index contributed by atoms with van der Waals surface area (Å²) in [6.45, 7) is 14.1. The second kappa shape index (κ2) is 10.7. The van der Waals surface area contributed by atoms with E-state index < -0.39 is 0 Å². The number of carbonyl (C=O) groups is 1. The Bertz CT molecular complexity index is 1520. The Balaban J connectivity index is 1.47. The number of hydrogen-bond donors (Lipinski definition) is 0. The van der Waals surface area contributed by atoms with E-state index in [0.717, 1.165) is 19.5 Å². The highest BCUT2D eigenvalue weighted by atomic mass is 16.5. The van der Waals surface area contributed by atoms with Crippen LogP contribution in [0.15, 0.2) is 96.7 Å². The lowest BCUT2D eigenvalue weighted by Gasteiger charge is -2.25. The molecule has 0 spiro atoms. The van der Waals surface area contributed by atoms with Crippen molar-refractivity contribution in [3.05, 3.63) is 108 Å². The van der Waals surface area contributed by atoms with E-state index >= 15 is 0 Å². The number of likely N-dealkylation sites (N-methyl/N-ethyl adjacent to an activating group) is 1. The van der Waals surface area contributed by atoms with Gasteiger partial charge in [-0.15, -0.1) is 0 Å². The zero-order valence-electron chi connectivity index (χ0n) is 23.8. The van der Waals surface area contributed by atoms with Crippen molar-refractivity contribution in [1.29, 1.82) is 0 Å². The van der Waals surface area contributed by atoms with Crippen molar-refractivity contribution in [2.45, 2.75) is 51.9 Å². The van der Waals surface area contributed by atoms with Gasteiger partial charge in [-0.25, -0.2) is 0 Å². The normalized spacial score (nSPS) is 18.5. The molecule has 200 valence electrons. The van der Waals surface area contributed by atoms with Crippen molar-refractivity contribution < 1.29 is 14.1 Å². The summed E-state index contributed by atoms with van der Waals surface area (Å²) in [6.07, 6.45) is 11.7. The quantitative estimate of drug-likeness (QED) is 0.126. The molecule has 4 heteroatoms. The number of nitrogens with zero attached hydrogens (tertiary/aromatic N) is 2.